The van der Waals surface area contributed by atoms with E-state index in [9.17, 15) is 4.57 Å². The first-order valence-corrected chi connectivity index (χ1v) is 7.30. The molecule has 0 aliphatic heterocycles. The molecule has 0 aromatic heterocycles. The Morgan fingerprint density at radius 2 is 1.72 bits per heavy atom. The zero-order chi connectivity index (χ0) is 13.6. The van der Waals surface area contributed by atoms with Crippen molar-refractivity contribution in [1.82, 2.24) is 0 Å². The zero-order valence-electron chi connectivity index (χ0n) is 10.8. The summed E-state index contributed by atoms with van der Waals surface area (Å²) in [5.74, 6) is 0. The maximum Gasteiger partial charge on any atom is 0.383 e. The molecule has 1 N–H and O–H groups in total. The van der Waals surface area contributed by atoms with Crippen LogP contribution in [-0.2, 0) is 13.6 Å². The van der Waals surface area contributed by atoms with Crippen LogP contribution in [0.25, 0.3) is 0 Å². The van der Waals surface area contributed by atoms with Crippen molar-refractivity contribution in [3.63, 3.8) is 0 Å². The van der Waals surface area contributed by atoms with Gasteiger partial charge in [0.05, 0.1) is 13.2 Å². The third-order valence-electron chi connectivity index (χ3n) is 2.26. The lowest BCUT2D eigenvalue weighted by atomic mass is 10.2. The normalized spacial score (nSPS) is 12.7. The number of hydrogen-bond acceptors (Lipinski definition) is 5. The van der Waals surface area contributed by atoms with Crippen molar-refractivity contribution < 1.29 is 18.8 Å². The monoisotopic (exact) mass is 271 g/mol. The molecule has 1 rings (SSSR count). The summed E-state index contributed by atoms with van der Waals surface area (Å²) < 4.78 is 22.8. The Morgan fingerprint density at radius 1 is 1.22 bits per heavy atom. The molecule has 6 heteroatoms. The molecule has 0 spiro atoms. The highest BCUT2D eigenvalue weighted by Gasteiger charge is 2.33. The van der Waals surface area contributed by atoms with Crippen molar-refractivity contribution in [2.24, 2.45) is 5.16 Å². The minimum Gasteiger partial charge on any atom is -0.410 e. The molecule has 0 amide bonds. The van der Waals surface area contributed by atoms with E-state index in [2.05, 4.69) is 5.16 Å². The maximum atomic E-state index is 12.5. The molecule has 0 bridgehead atoms. The first kappa shape index (κ1) is 14.9. The van der Waals surface area contributed by atoms with Crippen LogP contribution in [-0.4, -0.2) is 23.9 Å². The number of aryl methyl sites for hydroxylation is 1. The summed E-state index contributed by atoms with van der Waals surface area (Å²) in [4.78, 5) is 0. The predicted molar refractivity (Wildman–Crippen MR) is 70.4 cm³/mol. The molecule has 0 fully saturated rings. The highest BCUT2D eigenvalue weighted by molar-refractivity contribution is 7.73. The van der Waals surface area contributed by atoms with Gasteiger partial charge in [-0.2, -0.15) is 0 Å². The molecule has 0 atom stereocenters. The van der Waals surface area contributed by atoms with Crippen molar-refractivity contribution in [1.29, 1.82) is 0 Å². The molecule has 0 saturated carbocycles. The summed E-state index contributed by atoms with van der Waals surface area (Å²) in [5.41, 5.74) is 1.51. The van der Waals surface area contributed by atoms with Crippen molar-refractivity contribution >= 4 is 13.0 Å². The second-order valence-electron chi connectivity index (χ2n) is 3.62. The van der Waals surface area contributed by atoms with E-state index in [-0.39, 0.29) is 18.7 Å². The fraction of sp³-hybridized carbons (Fsp3) is 0.417. The van der Waals surface area contributed by atoms with Crippen molar-refractivity contribution in [2.45, 2.75) is 20.8 Å². The van der Waals surface area contributed by atoms with E-state index >= 15 is 0 Å². The summed E-state index contributed by atoms with van der Waals surface area (Å²) >= 11 is 0. The Kier molecular flexibility index (Phi) is 5.54. The zero-order valence-corrected chi connectivity index (χ0v) is 11.7. The molecule has 0 aliphatic carbocycles. The largest absolute Gasteiger partial charge is 0.410 e. The van der Waals surface area contributed by atoms with Crippen LogP contribution < -0.4 is 0 Å². The van der Waals surface area contributed by atoms with Gasteiger partial charge in [-0.3, -0.25) is 4.57 Å². The van der Waals surface area contributed by atoms with Gasteiger partial charge < -0.3 is 14.3 Å². The molecule has 18 heavy (non-hydrogen) atoms. The van der Waals surface area contributed by atoms with Gasteiger partial charge in [-0.1, -0.05) is 35.0 Å². The Hall–Kier alpha value is -1.16. The van der Waals surface area contributed by atoms with Gasteiger partial charge in [-0.25, -0.2) is 0 Å². The SMILES string of the molecule is CCOP(=O)(OCC)/C(=N/O)c1ccc(C)cc1. The van der Waals surface area contributed by atoms with Gasteiger partial charge in [0, 0.05) is 5.56 Å². The fourth-order valence-electron chi connectivity index (χ4n) is 1.47. The average Bonchev–Trinajstić information content (AvgIpc) is 2.33. The minimum absolute atomic E-state index is 0.0637. The van der Waals surface area contributed by atoms with Crippen LogP contribution in [0.4, 0.5) is 0 Å². The van der Waals surface area contributed by atoms with Gasteiger partial charge in [0.25, 0.3) is 0 Å². The summed E-state index contributed by atoms with van der Waals surface area (Å²) in [6.45, 7) is 5.76. The summed E-state index contributed by atoms with van der Waals surface area (Å²) in [5, 5.41) is 12.2. The number of oxime groups is 1. The maximum absolute atomic E-state index is 12.5. The number of hydrogen-bond donors (Lipinski definition) is 1. The Balaban J connectivity index is 3.15. The molecule has 1 aromatic rings. The molecule has 0 unspecified atom stereocenters. The highest BCUT2D eigenvalue weighted by Crippen LogP contribution is 2.51. The van der Waals surface area contributed by atoms with Crippen LogP contribution in [0.3, 0.4) is 0 Å². The third kappa shape index (κ3) is 3.42. The lowest BCUT2D eigenvalue weighted by Gasteiger charge is -2.17. The van der Waals surface area contributed by atoms with E-state index in [1.807, 2.05) is 19.1 Å². The number of benzene rings is 1. The standard InChI is InChI=1S/C12H18NO4P/c1-4-16-18(15,17-5-2)12(13-14)11-8-6-10(3)7-9-11/h6-9,14H,4-5H2,1-3H3/b13-12+. The van der Waals surface area contributed by atoms with E-state index in [1.54, 1.807) is 26.0 Å². The topological polar surface area (TPSA) is 68.1 Å². The van der Waals surface area contributed by atoms with Crippen LogP contribution >= 0.6 is 7.60 Å². The summed E-state index contributed by atoms with van der Waals surface area (Å²) in [6, 6.07) is 7.11. The highest BCUT2D eigenvalue weighted by atomic mass is 31.2. The van der Waals surface area contributed by atoms with Crippen molar-refractivity contribution in [3.8, 4) is 0 Å². The van der Waals surface area contributed by atoms with Gasteiger partial charge >= 0.3 is 7.60 Å². The van der Waals surface area contributed by atoms with E-state index < -0.39 is 7.60 Å². The quantitative estimate of drug-likeness (QED) is 0.372. The molecule has 1 aromatic carbocycles. The minimum atomic E-state index is -3.57. The smallest absolute Gasteiger partial charge is 0.383 e. The van der Waals surface area contributed by atoms with Crippen LogP contribution in [0.5, 0.6) is 0 Å². The molecular formula is C12H18NO4P. The molecular weight excluding hydrogens is 253 g/mol. The van der Waals surface area contributed by atoms with Gasteiger partial charge in [0.15, 0.2) is 5.45 Å². The Labute approximate surface area is 107 Å². The number of nitrogens with zero attached hydrogens (tertiary/aromatic N) is 1. The Morgan fingerprint density at radius 3 is 2.11 bits per heavy atom. The molecule has 0 saturated heterocycles. The summed E-state index contributed by atoms with van der Waals surface area (Å²) in [6.07, 6.45) is 0. The molecule has 100 valence electrons. The molecule has 0 aliphatic rings. The lowest BCUT2D eigenvalue weighted by molar-refractivity contribution is 0.230. The van der Waals surface area contributed by atoms with Gasteiger partial charge in [-0.05, 0) is 20.8 Å². The Bertz CT molecular complexity index is 446. The van der Waals surface area contributed by atoms with Crippen molar-refractivity contribution in [2.75, 3.05) is 13.2 Å². The van der Waals surface area contributed by atoms with Crippen LogP contribution in [0.2, 0.25) is 0 Å². The van der Waals surface area contributed by atoms with E-state index in [1.165, 1.54) is 0 Å². The first-order valence-electron chi connectivity index (χ1n) is 5.76. The second-order valence-corrected chi connectivity index (χ2v) is 5.56. The van der Waals surface area contributed by atoms with Crippen LogP contribution in [0.15, 0.2) is 29.4 Å². The van der Waals surface area contributed by atoms with Crippen LogP contribution in [0, 0.1) is 6.92 Å². The second kappa shape index (κ2) is 6.69. The van der Waals surface area contributed by atoms with Gasteiger partial charge in [0.2, 0.25) is 0 Å². The molecule has 0 heterocycles. The number of rotatable bonds is 6. The van der Waals surface area contributed by atoms with Gasteiger partial charge in [0.1, 0.15) is 0 Å². The van der Waals surface area contributed by atoms with Gasteiger partial charge in [-0.15, -0.1) is 0 Å². The van der Waals surface area contributed by atoms with Crippen molar-refractivity contribution in [3.05, 3.63) is 35.4 Å². The van der Waals surface area contributed by atoms with E-state index in [4.69, 9.17) is 14.3 Å². The average molecular weight is 271 g/mol. The third-order valence-corrected chi connectivity index (χ3v) is 4.32. The molecule has 0 radical (unpaired) electrons. The van der Waals surface area contributed by atoms with Crippen LogP contribution in [0.1, 0.15) is 25.0 Å². The summed E-state index contributed by atoms with van der Waals surface area (Å²) in [7, 11) is -3.57. The first-order chi connectivity index (χ1) is 8.57. The lowest BCUT2D eigenvalue weighted by Crippen LogP contribution is -2.09. The van der Waals surface area contributed by atoms with E-state index in [0.717, 1.165) is 5.56 Å². The molecule has 5 nitrogen and oxygen atoms in total. The van der Waals surface area contributed by atoms with E-state index in [0.29, 0.717) is 5.56 Å². The fourth-order valence-corrected chi connectivity index (χ4v) is 3.05. The predicted octanol–water partition coefficient (Wildman–Crippen LogP) is 3.40.